The van der Waals surface area contributed by atoms with Crippen molar-refractivity contribution in [2.24, 2.45) is 0 Å². The number of nitrogens with zero attached hydrogens (tertiary/aromatic N) is 1. The maximum Gasteiger partial charge on any atom is 0.140 e. The Hall–Kier alpha value is -1.46. The van der Waals surface area contributed by atoms with Gasteiger partial charge in [0.1, 0.15) is 23.2 Å². The van der Waals surface area contributed by atoms with Gasteiger partial charge in [-0.05, 0) is 24.6 Å². The van der Waals surface area contributed by atoms with E-state index in [4.69, 9.17) is 4.74 Å². The highest BCUT2D eigenvalue weighted by molar-refractivity contribution is 7.09. The Kier molecular flexibility index (Phi) is 5.09. The van der Waals surface area contributed by atoms with Crippen LogP contribution in [0.5, 0.6) is 5.75 Å². The third-order valence-corrected chi connectivity index (χ3v) is 3.61. The molecule has 0 aliphatic rings. The number of aryl methyl sites for hydroxylation is 1. The summed E-state index contributed by atoms with van der Waals surface area (Å²) in [5, 5.41) is 6.13. The summed E-state index contributed by atoms with van der Waals surface area (Å²) in [6, 6.07) is 5.15. The van der Waals surface area contributed by atoms with Gasteiger partial charge in [-0.15, -0.1) is 11.3 Å². The Morgan fingerprint density at radius 1 is 1.35 bits per heavy atom. The number of hydrogen-bond acceptors (Lipinski definition) is 4. The van der Waals surface area contributed by atoms with Gasteiger partial charge in [0.2, 0.25) is 0 Å². The van der Waals surface area contributed by atoms with Gasteiger partial charge in [0.05, 0.1) is 0 Å². The molecule has 0 amide bonds. The standard InChI is InChI=1S/C15H19FN2OS/c1-10(2)17-7-12-4-13(16)6-14(5-12)19-8-15-18-11(3)9-20-15/h4-6,9-10,17H,7-8H2,1-3H3. The first-order valence-corrected chi connectivity index (χ1v) is 7.47. The molecule has 0 saturated carbocycles. The summed E-state index contributed by atoms with van der Waals surface area (Å²) in [4.78, 5) is 4.32. The van der Waals surface area contributed by atoms with E-state index < -0.39 is 0 Å². The minimum Gasteiger partial charge on any atom is -0.486 e. The highest BCUT2D eigenvalue weighted by Gasteiger charge is 2.05. The molecule has 0 atom stereocenters. The summed E-state index contributed by atoms with van der Waals surface area (Å²) >= 11 is 1.55. The van der Waals surface area contributed by atoms with Crippen LogP contribution in [0.25, 0.3) is 0 Å². The smallest absolute Gasteiger partial charge is 0.140 e. The lowest BCUT2D eigenvalue weighted by Crippen LogP contribution is -2.21. The Morgan fingerprint density at radius 2 is 2.15 bits per heavy atom. The molecule has 0 fully saturated rings. The number of aromatic nitrogens is 1. The first kappa shape index (κ1) is 14.9. The molecular formula is C15H19FN2OS. The van der Waals surface area contributed by atoms with Crippen LogP contribution < -0.4 is 10.1 Å². The number of rotatable bonds is 6. The van der Waals surface area contributed by atoms with Crippen LogP contribution in [0.4, 0.5) is 4.39 Å². The number of halogens is 1. The molecule has 20 heavy (non-hydrogen) atoms. The second-order valence-electron chi connectivity index (χ2n) is 5.00. The van der Waals surface area contributed by atoms with E-state index in [-0.39, 0.29) is 5.82 Å². The molecule has 0 radical (unpaired) electrons. The van der Waals surface area contributed by atoms with Gasteiger partial charge in [-0.3, -0.25) is 0 Å². The van der Waals surface area contributed by atoms with Crippen LogP contribution in [-0.2, 0) is 13.2 Å². The van der Waals surface area contributed by atoms with Crippen LogP contribution in [0.1, 0.15) is 30.1 Å². The summed E-state index contributed by atoms with van der Waals surface area (Å²) in [7, 11) is 0. The SMILES string of the molecule is Cc1csc(COc2cc(F)cc(CNC(C)C)c2)n1. The van der Waals surface area contributed by atoms with E-state index in [1.165, 1.54) is 12.1 Å². The van der Waals surface area contributed by atoms with Crippen molar-refractivity contribution in [3.8, 4) is 5.75 Å². The quantitative estimate of drug-likeness (QED) is 0.882. The summed E-state index contributed by atoms with van der Waals surface area (Å²) in [6.07, 6.45) is 0. The Balaban J connectivity index is 2.00. The summed E-state index contributed by atoms with van der Waals surface area (Å²) < 4.78 is 19.2. The molecule has 2 aromatic rings. The van der Waals surface area contributed by atoms with Crippen molar-refractivity contribution < 1.29 is 9.13 Å². The summed E-state index contributed by atoms with van der Waals surface area (Å²) in [6.45, 7) is 7.06. The average Bonchev–Trinajstić information content (AvgIpc) is 2.79. The molecule has 0 aliphatic carbocycles. The second kappa shape index (κ2) is 6.81. The number of nitrogens with one attached hydrogen (secondary N) is 1. The molecule has 5 heteroatoms. The van der Waals surface area contributed by atoms with Gasteiger partial charge >= 0.3 is 0 Å². The van der Waals surface area contributed by atoms with Gasteiger partial charge in [0, 0.05) is 29.7 Å². The zero-order valence-corrected chi connectivity index (χ0v) is 12.8. The lowest BCUT2D eigenvalue weighted by Gasteiger charge is -2.10. The molecule has 0 aliphatic heterocycles. The predicted octanol–water partition coefficient (Wildman–Crippen LogP) is 3.67. The molecule has 0 saturated heterocycles. The van der Waals surface area contributed by atoms with Crippen LogP contribution in [0, 0.1) is 12.7 Å². The molecule has 108 valence electrons. The van der Waals surface area contributed by atoms with E-state index >= 15 is 0 Å². The molecule has 0 spiro atoms. The fraction of sp³-hybridized carbons (Fsp3) is 0.400. The Bertz CT molecular complexity index is 569. The van der Waals surface area contributed by atoms with Gasteiger partial charge < -0.3 is 10.1 Å². The predicted molar refractivity (Wildman–Crippen MR) is 79.6 cm³/mol. The number of benzene rings is 1. The second-order valence-corrected chi connectivity index (χ2v) is 5.94. The van der Waals surface area contributed by atoms with E-state index in [0.29, 0.717) is 24.9 Å². The fourth-order valence-electron chi connectivity index (χ4n) is 1.74. The monoisotopic (exact) mass is 294 g/mol. The van der Waals surface area contributed by atoms with Crippen molar-refractivity contribution in [1.29, 1.82) is 0 Å². The highest BCUT2D eigenvalue weighted by atomic mass is 32.1. The van der Waals surface area contributed by atoms with Gasteiger partial charge in [-0.25, -0.2) is 9.37 Å². The molecular weight excluding hydrogens is 275 g/mol. The van der Waals surface area contributed by atoms with Gasteiger partial charge in [-0.1, -0.05) is 13.8 Å². The topological polar surface area (TPSA) is 34.1 Å². The molecule has 1 heterocycles. The van der Waals surface area contributed by atoms with Crippen molar-refractivity contribution in [1.82, 2.24) is 10.3 Å². The minimum absolute atomic E-state index is 0.279. The normalized spacial score (nSPS) is 11.1. The Morgan fingerprint density at radius 3 is 2.80 bits per heavy atom. The maximum absolute atomic E-state index is 13.6. The van der Waals surface area contributed by atoms with Gasteiger partial charge in [0.15, 0.2) is 0 Å². The average molecular weight is 294 g/mol. The fourth-order valence-corrected chi connectivity index (χ4v) is 2.43. The lowest BCUT2D eigenvalue weighted by molar-refractivity contribution is 0.303. The molecule has 1 aromatic heterocycles. The summed E-state index contributed by atoms with van der Waals surface area (Å²) in [5.41, 5.74) is 1.86. The third kappa shape index (κ3) is 4.58. The van der Waals surface area contributed by atoms with Crippen LogP contribution in [-0.4, -0.2) is 11.0 Å². The lowest BCUT2D eigenvalue weighted by atomic mass is 10.2. The molecule has 3 nitrogen and oxygen atoms in total. The van der Waals surface area contributed by atoms with Crippen molar-refractivity contribution in [2.45, 2.75) is 40.0 Å². The molecule has 0 bridgehead atoms. The van der Waals surface area contributed by atoms with E-state index in [0.717, 1.165) is 16.3 Å². The first-order chi connectivity index (χ1) is 9.52. The molecule has 0 unspecified atom stereocenters. The van der Waals surface area contributed by atoms with Crippen LogP contribution in [0.3, 0.4) is 0 Å². The van der Waals surface area contributed by atoms with Crippen LogP contribution >= 0.6 is 11.3 Å². The largest absolute Gasteiger partial charge is 0.486 e. The van der Waals surface area contributed by atoms with Gasteiger partial charge in [-0.2, -0.15) is 0 Å². The van der Waals surface area contributed by atoms with Gasteiger partial charge in [0.25, 0.3) is 0 Å². The van der Waals surface area contributed by atoms with Crippen LogP contribution in [0.15, 0.2) is 23.6 Å². The first-order valence-electron chi connectivity index (χ1n) is 6.59. The minimum atomic E-state index is -0.279. The molecule has 1 N–H and O–H groups in total. The van der Waals surface area contributed by atoms with E-state index in [1.54, 1.807) is 11.3 Å². The molecule has 2 rings (SSSR count). The zero-order chi connectivity index (χ0) is 14.5. The number of thiazole rings is 1. The molecule has 1 aromatic carbocycles. The van der Waals surface area contributed by atoms with Crippen molar-refractivity contribution in [3.63, 3.8) is 0 Å². The van der Waals surface area contributed by atoms with Crippen LogP contribution in [0.2, 0.25) is 0 Å². The number of hydrogen-bond donors (Lipinski definition) is 1. The number of ether oxygens (including phenoxy) is 1. The van der Waals surface area contributed by atoms with Crippen molar-refractivity contribution in [3.05, 3.63) is 45.7 Å². The maximum atomic E-state index is 13.6. The highest BCUT2D eigenvalue weighted by Crippen LogP contribution is 2.19. The van der Waals surface area contributed by atoms with E-state index in [2.05, 4.69) is 24.1 Å². The zero-order valence-electron chi connectivity index (χ0n) is 11.9. The van der Waals surface area contributed by atoms with Crippen molar-refractivity contribution >= 4 is 11.3 Å². The van der Waals surface area contributed by atoms with Crippen molar-refractivity contribution in [2.75, 3.05) is 0 Å². The Labute approximate surface area is 122 Å². The van der Waals surface area contributed by atoms with E-state index in [1.807, 2.05) is 18.4 Å². The van der Waals surface area contributed by atoms with E-state index in [9.17, 15) is 4.39 Å². The third-order valence-electron chi connectivity index (χ3n) is 2.67. The summed E-state index contributed by atoms with van der Waals surface area (Å²) in [5.74, 6) is 0.261.